The molecule has 144 valence electrons. The van der Waals surface area contributed by atoms with Crippen LogP contribution in [-0.4, -0.2) is 39.0 Å². The van der Waals surface area contributed by atoms with Gasteiger partial charge < -0.3 is 19.6 Å². The fourth-order valence-electron chi connectivity index (χ4n) is 2.19. The van der Waals surface area contributed by atoms with Gasteiger partial charge in [0.2, 0.25) is 0 Å². The Morgan fingerprint density at radius 2 is 1.96 bits per heavy atom. The van der Waals surface area contributed by atoms with Crippen molar-refractivity contribution in [3.05, 3.63) is 59.7 Å². The molecule has 0 aliphatic carbocycles. The molecule has 8 heteroatoms. The van der Waals surface area contributed by atoms with E-state index in [-0.39, 0.29) is 24.0 Å². The summed E-state index contributed by atoms with van der Waals surface area (Å²) in [6.45, 7) is -2.67. The number of halogens is 2. The minimum Gasteiger partial charge on any atom is -0.493 e. The van der Waals surface area contributed by atoms with E-state index in [1.54, 1.807) is 0 Å². The third kappa shape index (κ3) is 7.31. The van der Waals surface area contributed by atoms with Gasteiger partial charge in [0.1, 0.15) is 0 Å². The molecule has 0 aliphatic heterocycles. The van der Waals surface area contributed by atoms with Crippen LogP contribution in [0.5, 0.6) is 11.5 Å². The topological polar surface area (TPSA) is 69.2 Å². The molecule has 0 saturated carbocycles. The SMILES string of the molecule is COc1cc(/C=N\OCC(=O)NCCc2ccccc2)ccc1OC(F)F. The van der Waals surface area contributed by atoms with Crippen LogP contribution in [0.3, 0.4) is 0 Å². The Balaban J connectivity index is 1.74. The minimum absolute atomic E-state index is 0.0802. The molecule has 6 nitrogen and oxygen atoms in total. The second-order valence-corrected chi connectivity index (χ2v) is 5.38. The Hall–Kier alpha value is -3.16. The number of rotatable bonds is 10. The molecule has 1 amide bonds. The molecule has 0 aliphatic rings. The molecule has 1 N–H and O–H groups in total. The third-order valence-corrected chi connectivity index (χ3v) is 3.45. The number of nitrogens with zero attached hydrogens (tertiary/aromatic N) is 1. The van der Waals surface area contributed by atoms with E-state index < -0.39 is 6.61 Å². The van der Waals surface area contributed by atoms with Crippen molar-refractivity contribution in [2.75, 3.05) is 20.3 Å². The summed E-state index contributed by atoms with van der Waals surface area (Å²) in [4.78, 5) is 16.6. The smallest absolute Gasteiger partial charge is 0.387 e. The van der Waals surface area contributed by atoms with Gasteiger partial charge in [0.25, 0.3) is 5.91 Å². The summed E-state index contributed by atoms with van der Waals surface area (Å²) in [7, 11) is 1.34. The number of oxime groups is 1. The van der Waals surface area contributed by atoms with Crippen molar-refractivity contribution in [2.24, 2.45) is 5.16 Å². The van der Waals surface area contributed by atoms with Gasteiger partial charge in [-0.1, -0.05) is 35.5 Å². The number of carbonyl (C=O) groups excluding carboxylic acids is 1. The van der Waals surface area contributed by atoms with Crippen LogP contribution in [0.2, 0.25) is 0 Å². The largest absolute Gasteiger partial charge is 0.493 e. The molecule has 0 radical (unpaired) electrons. The molecule has 0 spiro atoms. The molecule has 2 aromatic carbocycles. The number of methoxy groups -OCH3 is 1. The zero-order chi connectivity index (χ0) is 19.5. The van der Waals surface area contributed by atoms with E-state index in [1.807, 2.05) is 30.3 Å². The van der Waals surface area contributed by atoms with E-state index in [9.17, 15) is 13.6 Å². The Bertz CT molecular complexity index is 755. The van der Waals surface area contributed by atoms with Crippen LogP contribution in [0.1, 0.15) is 11.1 Å². The highest BCUT2D eigenvalue weighted by atomic mass is 19.3. The lowest BCUT2D eigenvalue weighted by molar-refractivity contribution is -0.125. The fourth-order valence-corrected chi connectivity index (χ4v) is 2.19. The molecule has 0 aromatic heterocycles. The number of amides is 1. The highest BCUT2D eigenvalue weighted by molar-refractivity contribution is 5.81. The van der Waals surface area contributed by atoms with Crippen molar-refractivity contribution in [3.63, 3.8) is 0 Å². The van der Waals surface area contributed by atoms with Crippen LogP contribution in [0.4, 0.5) is 8.78 Å². The van der Waals surface area contributed by atoms with Gasteiger partial charge in [-0.05, 0) is 30.2 Å². The molecule has 0 atom stereocenters. The number of nitrogens with one attached hydrogen (secondary N) is 1. The molecule has 2 rings (SSSR count). The van der Waals surface area contributed by atoms with E-state index in [0.717, 1.165) is 12.0 Å². The van der Waals surface area contributed by atoms with Gasteiger partial charge in [-0.25, -0.2) is 0 Å². The van der Waals surface area contributed by atoms with Gasteiger partial charge in [-0.3, -0.25) is 4.79 Å². The maximum atomic E-state index is 12.3. The van der Waals surface area contributed by atoms with E-state index in [2.05, 4.69) is 15.2 Å². The van der Waals surface area contributed by atoms with Crippen LogP contribution in [0.15, 0.2) is 53.7 Å². The number of hydrogen-bond acceptors (Lipinski definition) is 5. The van der Waals surface area contributed by atoms with Gasteiger partial charge in [0.15, 0.2) is 18.1 Å². The van der Waals surface area contributed by atoms with E-state index in [4.69, 9.17) is 9.57 Å². The fraction of sp³-hybridized carbons (Fsp3) is 0.263. The Morgan fingerprint density at radius 3 is 2.67 bits per heavy atom. The zero-order valence-corrected chi connectivity index (χ0v) is 14.7. The van der Waals surface area contributed by atoms with Crippen LogP contribution in [0.25, 0.3) is 0 Å². The molecule has 0 fully saturated rings. The molecule has 0 heterocycles. The van der Waals surface area contributed by atoms with Crippen molar-refractivity contribution in [3.8, 4) is 11.5 Å². The normalized spacial score (nSPS) is 10.8. The quantitative estimate of drug-likeness (QED) is 0.510. The van der Waals surface area contributed by atoms with Crippen LogP contribution in [0, 0.1) is 0 Å². The summed E-state index contributed by atoms with van der Waals surface area (Å²) in [5.74, 6) is -0.234. The number of ether oxygens (including phenoxy) is 2. The summed E-state index contributed by atoms with van der Waals surface area (Å²) in [5, 5.41) is 6.41. The molecular weight excluding hydrogens is 358 g/mol. The van der Waals surface area contributed by atoms with Crippen molar-refractivity contribution in [1.29, 1.82) is 0 Å². The lowest BCUT2D eigenvalue weighted by Gasteiger charge is -2.09. The summed E-state index contributed by atoms with van der Waals surface area (Å²) in [6.07, 6.45) is 2.06. The van der Waals surface area contributed by atoms with Crippen molar-refractivity contribution < 1.29 is 27.9 Å². The standard InChI is InChI=1S/C19H20F2N2O4/c1-25-17-11-15(7-8-16(17)27-19(20)21)12-23-26-13-18(24)22-10-9-14-5-3-2-4-6-14/h2-8,11-12,19H,9-10,13H2,1H3,(H,22,24)/b23-12-. The van der Waals surface area contributed by atoms with Crippen LogP contribution >= 0.6 is 0 Å². The van der Waals surface area contributed by atoms with Crippen molar-refractivity contribution >= 4 is 12.1 Å². The highest BCUT2D eigenvalue weighted by Crippen LogP contribution is 2.28. The lowest BCUT2D eigenvalue weighted by atomic mass is 10.1. The van der Waals surface area contributed by atoms with Crippen molar-refractivity contribution in [1.82, 2.24) is 5.32 Å². The average Bonchev–Trinajstić information content (AvgIpc) is 2.66. The molecule has 27 heavy (non-hydrogen) atoms. The predicted octanol–water partition coefficient (Wildman–Crippen LogP) is 3.01. The van der Waals surface area contributed by atoms with Crippen molar-refractivity contribution in [2.45, 2.75) is 13.0 Å². The highest BCUT2D eigenvalue weighted by Gasteiger charge is 2.10. The molecule has 0 saturated heterocycles. The number of alkyl halides is 2. The first-order valence-electron chi connectivity index (χ1n) is 8.17. The van der Waals surface area contributed by atoms with Gasteiger partial charge in [-0.15, -0.1) is 0 Å². The maximum Gasteiger partial charge on any atom is 0.387 e. The Labute approximate surface area is 155 Å². The van der Waals surface area contributed by atoms with Crippen LogP contribution in [-0.2, 0) is 16.1 Å². The number of benzene rings is 2. The second-order valence-electron chi connectivity index (χ2n) is 5.38. The Morgan fingerprint density at radius 1 is 1.19 bits per heavy atom. The second kappa shape index (κ2) is 10.7. The molecular formula is C19H20F2N2O4. The number of hydrogen-bond donors (Lipinski definition) is 1. The van der Waals surface area contributed by atoms with Gasteiger partial charge in [-0.2, -0.15) is 8.78 Å². The molecule has 0 bridgehead atoms. The first kappa shape index (κ1) is 20.2. The van der Waals surface area contributed by atoms with Gasteiger partial charge >= 0.3 is 6.61 Å². The maximum absolute atomic E-state index is 12.3. The predicted molar refractivity (Wildman–Crippen MR) is 96.3 cm³/mol. The Kier molecular flexibility index (Phi) is 8.02. The zero-order valence-electron chi connectivity index (χ0n) is 14.7. The van der Waals surface area contributed by atoms with Gasteiger partial charge in [0, 0.05) is 12.1 Å². The van der Waals surface area contributed by atoms with Gasteiger partial charge in [0.05, 0.1) is 13.3 Å². The first-order valence-corrected chi connectivity index (χ1v) is 8.17. The minimum atomic E-state index is -2.94. The molecule has 0 unspecified atom stereocenters. The summed E-state index contributed by atoms with van der Waals surface area (Å²) >= 11 is 0. The third-order valence-electron chi connectivity index (χ3n) is 3.45. The summed E-state index contributed by atoms with van der Waals surface area (Å²) in [6, 6.07) is 14.1. The summed E-state index contributed by atoms with van der Waals surface area (Å²) in [5.41, 5.74) is 1.67. The lowest BCUT2D eigenvalue weighted by Crippen LogP contribution is -2.28. The first-order chi connectivity index (χ1) is 13.1. The monoisotopic (exact) mass is 378 g/mol. The average molecular weight is 378 g/mol. The van der Waals surface area contributed by atoms with Crippen LogP contribution < -0.4 is 14.8 Å². The van der Waals surface area contributed by atoms with E-state index >= 15 is 0 Å². The number of carbonyl (C=O) groups is 1. The molecule has 2 aromatic rings. The summed E-state index contributed by atoms with van der Waals surface area (Å²) < 4.78 is 33.9. The van der Waals surface area contributed by atoms with E-state index in [1.165, 1.54) is 31.5 Å². The van der Waals surface area contributed by atoms with E-state index in [0.29, 0.717) is 12.1 Å².